The van der Waals surface area contributed by atoms with Crippen LogP contribution in [0, 0.1) is 0 Å². The molecule has 0 saturated heterocycles. The molecule has 0 spiro atoms. The Kier molecular flexibility index (Phi) is 14.9. The van der Waals surface area contributed by atoms with Crippen LogP contribution in [0.5, 0.6) is 5.75 Å². The number of carboxylic acids is 1. The maximum atomic E-state index is 11.6. The third-order valence-corrected chi connectivity index (χ3v) is 6.42. The highest BCUT2D eigenvalue weighted by Gasteiger charge is 2.14. The first-order valence-corrected chi connectivity index (χ1v) is 13.8. The number of ether oxygens (including phenoxy) is 2. The normalized spacial score (nSPS) is 11.0. The SMILES string of the molecule is CCCCCCCCOc1cc(C(=O)O)ccc1-c1ccccc1CCCOCCCCCCC. The molecule has 0 amide bonds. The highest BCUT2D eigenvalue weighted by atomic mass is 16.5. The molecule has 0 unspecified atom stereocenters. The molecule has 2 aromatic rings. The quantitative estimate of drug-likeness (QED) is 0.192. The summed E-state index contributed by atoms with van der Waals surface area (Å²) in [6.07, 6.45) is 15.3. The van der Waals surface area contributed by atoms with Crippen molar-refractivity contribution in [2.24, 2.45) is 0 Å². The maximum Gasteiger partial charge on any atom is 0.335 e. The molecule has 0 radical (unpaired) electrons. The van der Waals surface area contributed by atoms with Crippen LogP contribution in [-0.4, -0.2) is 30.9 Å². The molecule has 0 heterocycles. The Balaban J connectivity index is 1.96. The minimum absolute atomic E-state index is 0.261. The third kappa shape index (κ3) is 11.3. The van der Waals surface area contributed by atoms with E-state index < -0.39 is 5.97 Å². The standard InChI is InChI=1S/C31H46O4/c1-3-5-7-9-11-15-24-35-30-25-27(31(32)33)20-21-29(30)28-19-13-12-17-26(28)18-16-23-34-22-14-10-8-6-4-2/h12-13,17,19-21,25H,3-11,14-16,18,22-24H2,1-2H3,(H,32,33). The number of hydrogen-bond donors (Lipinski definition) is 1. The van der Waals surface area contributed by atoms with Crippen LogP contribution in [0.2, 0.25) is 0 Å². The zero-order valence-electron chi connectivity index (χ0n) is 22.0. The molecular formula is C31H46O4. The Labute approximate surface area is 213 Å². The van der Waals surface area contributed by atoms with Gasteiger partial charge in [-0.1, -0.05) is 95.9 Å². The van der Waals surface area contributed by atoms with Gasteiger partial charge in [-0.3, -0.25) is 0 Å². The number of carbonyl (C=O) groups is 1. The van der Waals surface area contributed by atoms with Gasteiger partial charge in [0.05, 0.1) is 12.2 Å². The smallest absolute Gasteiger partial charge is 0.335 e. The lowest BCUT2D eigenvalue weighted by molar-refractivity contribution is 0.0696. The first-order valence-electron chi connectivity index (χ1n) is 13.8. The van der Waals surface area contributed by atoms with Crippen molar-refractivity contribution in [1.29, 1.82) is 0 Å². The van der Waals surface area contributed by atoms with Gasteiger partial charge in [0.2, 0.25) is 0 Å². The minimum atomic E-state index is -0.930. The average molecular weight is 483 g/mol. The highest BCUT2D eigenvalue weighted by Crippen LogP contribution is 2.34. The van der Waals surface area contributed by atoms with Crippen molar-refractivity contribution < 1.29 is 19.4 Å². The topological polar surface area (TPSA) is 55.8 Å². The van der Waals surface area contributed by atoms with Crippen LogP contribution >= 0.6 is 0 Å². The van der Waals surface area contributed by atoms with Crippen molar-refractivity contribution in [3.8, 4) is 16.9 Å². The minimum Gasteiger partial charge on any atom is -0.493 e. The predicted molar refractivity (Wildman–Crippen MR) is 146 cm³/mol. The lowest BCUT2D eigenvalue weighted by Gasteiger charge is -2.16. The van der Waals surface area contributed by atoms with Gasteiger partial charge in [0.15, 0.2) is 0 Å². The van der Waals surface area contributed by atoms with Crippen LogP contribution < -0.4 is 4.74 Å². The number of unbranched alkanes of at least 4 members (excludes halogenated alkanes) is 9. The number of hydrogen-bond acceptors (Lipinski definition) is 3. The van der Waals surface area contributed by atoms with E-state index in [1.807, 2.05) is 12.1 Å². The van der Waals surface area contributed by atoms with Gasteiger partial charge in [-0.2, -0.15) is 0 Å². The van der Waals surface area contributed by atoms with Gasteiger partial charge in [-0.25, -0.2) is 4.79 Å². The predicted octanol–water partition coefficient (Wildman–Crippen LogP) is 8.71. The van der Waals surface area contributed by atoms with Crippen LogP contribution in [0.15, 0.2) is 42.5 Å². The molecule has 0 aliphatic carbocycles. The van der Waals surface area contributed by atoms with E-state index >= 15 is 0 Å². The van der Waals surface area contributed by atoms with Gasteiger partial charge < -0.3 is 14.6 Å². The van der Waals surface area contributed by atoms with Crippen molar-refractivity contribution >= 4 is 5.97 Å². The Morgan fingerprint density at radius 3 is 2.06 bits per heavy atom. The summed E-state index contributed by atoms with van der Waals surface area (Å²) in [5.74, 6) is -0.268. The van der Waals surface area contributed by atoms with E-state index in [1.54, 1.807) is 12.1 Å². The molecule has 35 heavy (non-hydrogen) atoms. The molecule has 0 aliphatic heterocycles. The van der Waals surface area contributed by atoms with E-state index in [2.05, 4.69) is 32.0 Å². The monoisotopic (exact) mass is 482 g/mol. The van der Waals surface area contributed by atoms with E-state index in [4.69, 9.17) is 9.47 Å². The zero-order chi connectivity index (χ0) is 25.1. The summed E-state index contributed by atoms with van der Waals surface area (Å²) in [6.45, 7) is 6.68. The Morgan fingerprint density at radius 1 is 0.714 bits per heavy atom. The van der Waals surface area contributed by atoms with Crippen LogP contribution in [0.3, 0.4) is 0 Å². The number of carboxylic acid groups (broad SMARTS) is 1. The van der Waals surface area contributed by atoms with Crippen LogP contribution in [0.25, 0.3) is 11.1 Å². The highest BCUT2D eigenvalue weighted by molar-refractivity contribution is 5.90. The van der Waals surface area contributed by atoms with Gasteiger partial charge in [0.25, 0.3) is 0 Å². The zero-order valence-corrected chi connectivity index (χ0v) is 22.0. The number of aromatic carboxylic acids is 1. The Bertz CT molecular complexity index is 846. The second-order valence-corrected chi connectivity index (χ2v) is 9.42. The molecular weight excluding hydrogens is 436 g/mol. The molecule has 2 aromatic carbocycles. The molecule has 0 aromatic heterocycles. The summed E-state index contributed by atoms with van der Waals surface area (Å²) in [6, 6.07) is 13.6. The maximum absolute atomic E-state index is 11.6. The molecule has 1 N–H and O–H groups in total. The van der Waals surface area contributed by atoms with Gasteiger partial charge in [0, 0.05) is 18.8 Å². The lowest BCUT2D eigenvalue weighted by atomic mass is 9.95. The molecule has 0 atom stereocenters. The average Bonchev–Trinajstić information content (AvgIpc) is 2.87. The van der Waals surface area contributed by atoms with Gasteiger partial charge >= 0.3 is 5.97 Å². The number of rotatable bonds is 20. The molecule has 2 rings (SSSR count). The third-order valence-electron chi connectivity index (χ3n) is 6.42. The van der Waals surface area contributed by atoms with E-state index in [1.165, 1.54) is 56.9 Å². The van der Waals surface area contributed by atoms with Gasteiger partial charge in [-0.15, -0.1) is 0 Å². The van der Waals surface area contributed by atoms with E-state index in [0.717, 1.165) is 56.4 Å². The van der Waals surface area contributed by atoms with Crippen molar-refractivity contribution in [3.63, 3.8) is 0 Å². The molecule has 4 heteroatoms. The van der Waals surface area contributed by atoms with Crippen molar-refractivity contribution in [2.75, 3.05) is 19.8 Å². The lowest BCUT2D eigenvalue weighted by Crippen LogP contribution is -2.04. The van der Waals surface area contributed by atoms with Crippen LogP contribution in [-0.2, 0) is 11.2 Å². The summed E-state index contributed by atoms with van der Waals surface area (Å²) in [7, 11) is 0. The van der Waals surface area contributed by atoms with Crippen molar-refractivity contribution in [2.45, 2.75) is 97.3 Å². The summed E-state index contributed by atoms with van der Waals surface area (Å²) < 4.78 is 12.0. The van der Waals surface area contributed by atoms with Gasteiger partial charge in [0.1, 0.15) is 5.75 Å². The summed E-state index contributed by atoms with van der Waals surface area (Å²) >= 11 is 0. The second kappa shape index (κ2) is 18.0. The Morgan fingerprint density at radius 2 is 1.34 bits per heavy atom. The van der Waals surface area contributed by atoms with Gasteiger partial charge in [-0.05, 0) is 55.0 Å². The number of benzene rings is 2. The summed E-state index contributed by atoms with van der Waals surface area (Å²) in [4.78, 5) is 11.6. The first kappa shape index (κ1) is 28.9. The fraction of sp³-hybridized carbons (Fsp3) is 0.581. The van der Waals surface area contributed by atoms with Crippen LogP contribution in [0.4, 0.5) is 0 Å². The van der Waals surface area contributed by atoms with Crippen molar-refractivity contribution in [1.82, 2.24) is 0 Å². The van der Waals surface area contributed by atoms with E-state index in [9.17, 15) is 9.90 Å². The molecule has 0 fully saturated rings. The molecule has 0 bridgehead atoms. The fourth-order valence-corrected chi connectivity index (χ4v) is 4.34. The second-order valence-electron chi connectivity index (χ2n) is 9.42. The summed E-state index contributed by atoms with van der Waals surface area (Å²) in [5, 5.41) is 9.50. The molecule has 0 saturated carbocycles. The van der Waals surface area contributed by atoms with Crippen molar-refractivity contribution in [3.05, 3.63) is 53.6 Å². The molecule has 4 nitrogen and oxygen atoms in total. The Hall–Kier alpha value is -2.33. The largest absolute Gasteiger partial charge is 0.493 e. The van der Waals surface area contributed by atoms with E-state index in [-0.39, 0.29) is 5.56 Å². The first-order chi connectivity index (χ1) is 17.2. The molecule has 194 valence electrons. The fourth-order valence-electron chi connectivity index (χ4n) is 4.34. The van der Waals surface area contributed by atoms with E-state index in [0.29, 0.717) is 12.4 Å². The summed E-state index contributed by atoms with van der Waals surface area (Å²) in [5.41, 5.74) is 3.58. The van der Waals surface area contributed by atoms with Crippen LogP contribution in [0.1, 0.15) is 107 Å². The molecule has 0 aliphatic rings. The number of aryl methyl sites for hydroxylation is 1.